The summed E-state index contributed by atoms with van der Waals surface area (Å²) in [6.07, 6.45) is 2.33. The standard InChI is InChI=1S/C27H25F4N5O2/c1-14-33-25-20(26(37)35(14)2)11-22(34-24(25)19-6-3-17(10-21(19)28)27(29,30)31)15-7-8-38-23(9-15)16-12-32-36(13-16)18-4-5-18/h3,6,10-13,15,18,23H,4-5,7-9H2,1-2H3. The minimum Gasteiger partial charge on any atom is -0.373 e. The van der Waals surface area contributed by atoms with Gasteiger partial charge < -0.3 is 4.74 Å². The van der Waals surface area contributed by atoms with Crippen molar-refractivity contribution in [2.24, 2.45) is 7.05 Å². The van der Waals surface area contributed by atoms with E-state index in [1.165, 1.54) is 4.57 Å². The number of nitrogens with zero attached hydrogens (tertiary/aromatic N) is 5. The molecule has 0 N–H and O–H groups in total. The van der Waals surface area contributed by atoms with Gasteiger partial charge in [0.25, 0.3) is 5.56 Å². The monoisotopic (exact) mass is 527 g/mol. The molecule has 11 heteroatoms. The van der Waals surface area contributed by atoms with Gasteiger partial charge in [-0.3, -0.25) is 19.0 Å². The Kier molecular flexibility index (Phi) is 5.86. The van der Waals surface area contributed by atoms with Gasteiger partial charge in [0.1, 0.15) is 17.2 Å². The summed E-state index contributed by atoms with van der Waals surface area (Å²) >= 11 is 0. The first-order valence-electron chi connectivity index (χ1n) is 12.5. The molecule has 1 saturated carbocycles. The van der Waals surface area contributed by atoms with Gasteiger partial charge >= 0.3 is 6.18 Å². The molecule has 1 aliphatic carbocycles. The first kappa shape index (κ1) is 24.7. The number of fused-ring (bicyclic) bond motifs is 1. The molecule has 198 valence electrons. The average molecular weight is 528 g/mol. The fourth-order valence-corrected chi connectivity index (χ4v) is 5.03. The second-order valence-electron chi connectivity index (χ2n) is 10.1. The van der Waals surface area contributed by atoms with Crippen molar-refractivity contribution in [3.05, 3.63) is 75.5 Å². The topological polar surface area (TPSA) is 74.8 Å². The number of alkyl halides is 3. The van der Waals surface area contributed by atoms with E-state index in [9.17, 15) is 18.0 Å². The van der Waals surface area contributed by atoms with Crippen LogP contribution in [0.25, 0.3) is 22.2 Å². The second-order valence-corrected chi connectivity index (χ2v) is 10.1. The van der Waals surface area contributed by atoms with Gasteiger partial charge in [0.15, 0.2) is 0 Å². The lowest BCUT2D eigenvalue weighted by Gasteiger charge is -2.29. The first-order chi connectivity index (χ1) is 18.1. The maximum atomic E-state index is 15.1. The van der Waals surface area contributed by atoms with Crippen LogP contribution in [0.5, 0.6) is 0 Å². The number of halogens is 4. The van der Waals surface area contributed by atoms with Gasteiger partial charge in [0, 0.05) is 42.6 Å². The van der Waals surface area contributed by atoms with E-state index in [0.717, 1.165) is 30.5 Å². The lowest BCUT2D eigenvalue weighted by molar-refractivity contribution is -0.137. The highest BCUT2D eigenvalue weighted by Gasteiger charge is 2.33. The molecule has 2 aliphatic rings. The number of rotatable bonds is 4. The molecular weight excluding hydrogens is 502 g/mol. The molecular formula is C27H25F4N5O2. The molecule has 1 aliphatic heterocycles. The van der Waals surface area contributed by atoms with E-state index in [0.29, 0.717) is 43.1 Å². The predicted molar refractivity (Wildman–Crippen MR) is 131 cm³/mol. The van der Waals surface area contributed by atoms with Crippen LogP contribution in [0.2, 0.25) is 0 Å². The Morgan fingerprint density at radius 2 is 1.89 bits per heavy atom. The summed E-state index contributed by atoms with van der Waals surface area (Å²) in [6, 6.07) is 4.44. The van der Waals surface area contributed by atoms with E-state index in [1.807, 2.05) is 17.1 Å². The summed E-state index contributed by atoms with van der Waals surface area (Å²) in [5.74, 6) is -0.822. The van der Waals surface area contributed by atoms with Crippen LogP contribution in [-0.2, 0) is 18.0 Å². The van der Waals surface area contributed by atoms with Crippen LogP contribution in [0.4, 0.5) is 17.6 Å². The molecule has 0 radical (unpaired) electrons. The Morgan fingerprint density at radius 1 is 1.11 bits per heavy atom. The molecule has 7 nitrogen and oxygen atoms in total. The molecule has 38 heavy (non-hydrogen) atoms. The summed E-state index contributed by atoms with van der Waals surface area (Å²) in [7, 11) is 1.59. The van der Waals surface area contributed by atoms with E-state index in [4.69, 9.17) is 9.72 Å². The summed E-state index contributed by atoms with van der Waals surface area (Å²) in [5.41, 5.74) is 0.148. The molecule has 6 rings (SSSR count). The van der Waals surface area contributed by atoms with E-state index in [1.54, 1.807) is 20.0 Å². The van der Waals surface area contributed by atoms with Crippen LogP contribution in [0, 0.1) is 12.7 Å². The quantitative estimate of drug-likeness (QED) is 0.322. The Balaban J connectivity index is 1.45. The number of aromatic nitrogens is 5. The Bertz CT molecular complexity index is 1610. The summed E-state index contributed by atoms with van der Waals surface area (Å²) in [5, 5.41) is 4.69. The lowest BCUT2D eigenvalue weighted by Crippen LogP contribution is -2.23. The normalized spacial score (nSPS) is 20.3. The zero-order valence-corrected chi connectivity index (χ0v) is 20.8. The third kappa shape index (κ3) is 4.38. The molecule has 2 fully saturated rings. The third-order valence-electron chi connectivity index (χ3n) is 7.47. The molecule has 1 saturated heterocycles. The molecule has 4 heterocycles. The molecule has 4 aromatic rings. The van der Waals surface area contributed by atoms with Crippen LogP contribution < -0.4 is 5.56 Å². The van der Waals surface area contributed by atoms with Crippen molar-refractivity contribution in [1.29, 1.82) is 0 Å². The van der Waals surface area contributed by atoms with Crippen molar-refractivity contribution in [1.82, 2.24) is 24.3 Å². The zero-order valence-electron chi connectivity index (χ0n) is 20.8. The van der Waals surface area contributed by atoms with Crippen LogP contribution in [0.15, 0.2) is 41.5 Å². The molecule has 2 unspecified atom stereocenters. The van der Waals surface area contributed by atoms with E-state index in [2.05, 4.69) is 10.1 Å². The number of hydrogen-bond donors (Lipinski definition) is 0. The van der Waals surface area contributed by atoms with Gasteiger partial charge in [-0.2, -0.15) is 18.3 Å². The smallest absolute Gasteiger partial charge is 0.373 e. The van der Waals surface area contributed by atoms with Crippen molar-refractivity contribution < 1.29 is 22.3 Å². The average Bonchev–Trinajstić information content (AvgIpc) is 3.63. The SMILES string of the molecule is Cc1nc2c(-c3ccc(C(F)(F)F)cc3F)nc(C3CCOC(c4cnn(C5CC5)c4)C3)cc2c(=O)n1C. The highest BCUT2D eigenvalue weighted by molar-refractivity contribution is 5.91. The van der Waals surface area contributed by atoms with Gasteiger partial charge in [0.05, 0.1) is 35.0 Å². The Hall–Kier alpha value is -3.60. The maximum Gasteiger partial charge on any atom is 0.416 e. The zero-order chi connectivity index (χ0) is 26.8. The van der Waals surface area contributed by atoms with Gasteiger partial charge in [0.2, 0.25) is 0 Å². The predicted octanol–water partition coefficient (Wildman–Crippen LogP) is 5.63. The summed E-state index contributed by atoms with van der Waals surface area (Å²) in [6.45, 7) is 2.09. The molecule has 0 spiro atoms. The van der Waals surface area contributed by atoms with Crippen LogP contribution in [0.3, 0.4) is 0 Å². The second kappa shape index (κ2) is 9.00. The first-order valence-corrected chi connectivity index (χ1v) is 12.5. The third-order valence-corrected chi connectivity index (χ3v) is 7.47. The fraction of sp³-hybridized carbons (Fsp3) is 0.407. The molecule has 0 bridgehead atoms. The molecule has 0 amide bonds. The highest BCUT2D eigenvalue weighted by Crippen LogP contribution is 2.41. The van der Waals surface area contributed by atoms with Crippen molar-refractivity contribution >= 4 is 10.9 Å². The Labute approximate surface area is 215 Å². The van der Waals surface area contributed by atoms with Gasteiger partial charge in [-0.05, 0) is 56.9 Å². The van der Waals surface area contributed by atoms with E-state index >= 15 is 4.39 Å². The van der Waals surface area contributed by atoms with Crippen LogP contribution in [-0.4, -0.2) is 30.9 Å². The largest absolute Gasteiger partial charge is 0.416 e. The van der Waals surface area contributed by atoms with E-state index in [-0.39, 0.29) is 39.7 Å². The summed E-state index contributed by atoms with van der Waals surface area (Å²) < 4.78 is 64.0. The van der Waals surface area contributed by atoms with Crippen molar-refractivity contribution in [3.63, 3.8) is 0 Å². The molecule has 3 aromatic heterocycles. The van der Waals surface area contributed by atoms with Crippen LogP contribution in [0.1, 0.15) is 66.4 Å². The van der Waals surface area contributed by atoms with Crippen LogP contribution >= 0.6 is 0 Å². The van der Waals surface area contributed by atoms with Crippen molar-refractivity contribution in [3.8, 4) is 11.3 Å². The maximum absolute atomic E-state index is 15.1. The minimum atomic E-state index is -4.69. The lowest BCUT2D eigenvalue weighted by atomic mass is 9.89. The van der Waals surface area contributed by atoms with Crippen molar-refractivity contribution in [2.45, 2.75) is 56.8 Å². The number of hydrogen-bond acceptors (Lipinski definition) is 5. The number of pyridine rings is 1. The Morgan fingerprint density at radius 3 is 2.61 bits per heavy atom. The van der Waals surface area contributed by atoms with E-state index < -0.39 is 17.6 Å². The number of benzene rings is 1. The minimum absolute atomic E-state index is 0.0501. The summed E-state index contributed by atoms with van der Waals surface area (Å²) in [4.78, 5) is 22.4. The van der Waals surface area contributed by atoms with Gasteiger partial charge in [-0.25, -0.2) is 9.37 Å². The number of aryl methyl sites for hydroxylation is 1. The van der Waals surface area contributed by atoms with Crippen molar-refractivity contribution in [2.75, 3.05) is 6.61 Å². The van der Waals surface area contributed by atoms with Gasteiger partial charge in [-0.15, -0.1) is 0 Å². The fourth-order valence-electron chi connectivity index (χ4n) is 5.03. The molecule has 1 aromatic carbocycles. The number of ether oxygens (including phenoxy) is 1. The highest BCUT2D eigenvalue weighted by atomic mass is 19.4. The molecule has 2 atom stereocenters. The van der Waals surface area contributed by atoms with Gasteiger partial charge in [-0.1, -0.05) is 0 Å².